The summed E-state index contributed by atoms with van der Waals surface area (Å²) in [5.74, 6) is -0.381. The van der Waals surface area contributed by atoms with Crippen molar-refractivity contribution in [3.63, 3.8) is 0 Å². The zero-order valence-electron chi connectivity index (χ0n) is 12.3. The minimum atomic E-state index is -0.166. The third kappa shape index (κ3) is 2.63. The molecule has 2 aliphatic rings. The van der Waals surface area contributed by atoms with Crippen molar-refractivity contribution in [3.8, 4) is 0 Å². The van der Waals surface area contributed by atoms with Crippen LogP contribution in [0.1, 0.15) is 12.5 Å². The van der Waals surface area contributed by atoms with Crippen molar-refractivity contribution in [3.05, 3.63) is 48.0 Å². The summed E-state index contributed by atoms with van der Waals surface area (Å²) < 4.78 is 0. The molecule has 0 spiro atoms. The van der Waals surface area contributed by atoms with Gasteiger partial charge in [-0.05, 0) is 12.5 Å². The first-order chi connectivity index (χ1) is 10.1. The summed E-state index contributed by atoms with van der Waals surface area (Å²) in [5.41, 5.74) is 2.06. The zero-order chi connectivity index (χ0) is 15.0. The first kappa shape index (κ1) is 14.0. The Morgan fingerprint density at radius 2 is 1.71 bits per heavy atom. The summed E-state index contributed by atoms with van der Waals surface area (Å²) in [6.45, 7) is 8.16. The second-order valence-electron chi connectivity index (χ2n) is 6.11. The van der Waals surface area contributed by atoms with Crippen LogP contribution in [0.15, 0.2) is 42.5 Å². The minimum Gasteiger partial charge on any atom is -0.297 e. The van der Waals surface area contributed by atoms with Gasteiger partial charge in [-0.15, -0.1) is 0 Å². The largest absolute Gasteiger partial charge is 0.297 e. The molecule has 0 bridgehead atoms. The molecular weight excluding hydrogens is 264 g/mol. The van der Waals surface area contributed by atoms with Crippen molar-refractivity contribution in [2.75, 3.05) is 19.6 Å². The van der Waals surface area contributed by atoms with E-state index in [4.69, 9.17) is 0 Å². The number of fused-ring (bicyclic) bond motifs is 1. The molecule has 4 nitrogen and oxygen atoms in total. The van der Waals surface area contributed by atoms with Crippen LogP contribution in [0, 0.1) is 11.8 Å². The highest BCUT2D eigenvalue weighted by Gasteiger charge is 2.51. The van der Waals surface area contributed by atoms with Gasteiger partial charge >= 0.3 is 0 Å². The minimum absolute atomic E-state index is 0.0245. The third-order valence-corrected chi connectivity index (χ3v) is 4.24. The number of hydrogen-bond donors (Lipinski definition) is 0. The number of benzene rings is 1. The van der Waals surface area contributed by atoms with E-state index in [-0.39, 0.29) is 23.7 Å². The molecule has 110 valence electrons. The molecular formula is C17H20N2O2. The monoisotopic (exact) mass is 284 g/mol. The van der Waals surface area contributed by atoms with Crippen LogP contribution >= 0.6 is 0 Å². The second kappa shape index (κ2) is 5.45. The van der Waals surface area contributed by atoms with Gasteiger partial charge in [0, 0.05) is 26.2 Å². The van der Waals surface area contributed by atoms with Gasteiger partial charge in [0.15, 0.2) is 0 Å². The fourth-order valence-corrected chi connectivity index (χ4v) is 3.29. The number of imide groups is 1. The lowest BCUT2D eigenvalue weighted by Gasteiger charge is -2.20. The van der Waals surface area contributed by atoms with Gasteiger partial charge < -0.3 is 0 Å². The molecule has 2 atom stereocenters. The van der Waals surface area contributed by atoms with Gasteiger partial charge in [0.25, 0.3) is 0 Å². The second-order valence-corrected chi connectivity index (χ2v) is 6.11. The highest BCUT2D eigenvalue weighted by atomic mass is 16.2. The van der Waals surface area contributed by atoms with Gasteiger partial charge in [-0.25, -0.2) is 0 Å². The SMILES string of the molecule is C=C(C)CN1C(=O)[C@H]2CN(Cc3ccccc3)C[C@@H]2C1=O. The quantitative estimate of drug-likeness (QED) is 0.624. The average Bonchev–Trinajstić information content (AvgIpc) is 2.95. The standard InChI is InChI=1S/C17H20N2O2/c1-12(2)8-19-16(20)14-10-18(11-15(14)17(19)21)9-13-6-4-3-5-7-13/h3-7,14-15H,1,8-11H2,2H3/t14-,15-/m0/s1. The Balaban J connectivity index is 1.67. The number of carbonyl (C=O) groups is 2. The number of nitrogens with zero attached hydrogens (tertiary/aromatic N) is 2. The molecule has 1 aromatic rings. The molecule has 2 fully saturated rings. The highest BCUT2D eigenvalue weighted by Crippen LogP contribution is 2.34. The molecule has 0 radical (unpaired) electrons. The zero-order valence-corrected chi connectivity index (χ0v) is 12.3. The maximum absolute atomic E-state index is 12.4. The number of amides is 2. The van der Waals surface area contributed by atoms with Crippen LogP contribution in [0.3, 0.4) is 0 Å². The van der Waals surface area contributed by atoms with E-state index in [0.717, 1.165) is 12.1 Å². The smallest absolute Gasteiger partial charge is 0.234 e. The van der Waals surface area contributed by atoms with Crippen LogP contribution < -0.4 is 0 Å². The van der Waals surface area contributed by atoms with E-state index in [2.05, 4.69) is 23.6 Å². The van der Waals surface area contributed by atoms with E-state index < -0.39 is 0 Å². The molecule has 3 rings (SSSR count). The Bertz CT molecular complexity index is 558. The first-order valence-corrected chi connectivity index (χ1v) is 7.32. The van der Waals surface area contributed by atoms with Crippen molar-refractivity contribution < 1.29 is 9.59 Å². The maximum Gasteiger partial charge on any atom is 0.234 e. The molecule has 2 amide bonds. The van der Waals surface area contributed by atoms with Gasteiger partial charge in [-0.1, -0.05) is 42.5 Å². The van der Waals surface area contributed by atoms with E-state index in [1.54, 1.807) is 0 Å². The highest BCUT2D eigenvalue weighted by molar-refractivity contribution is 6.06. The van der Waals surface area contributed by atoms with E-state index in [1.165, 1.54) is 10.5 Å². The van der Waals surface area contributed by atoms with Gasteiger partial charge in [0.05, 0.1) is 11.8 Å². The molecule has 4 heteroatoms. The maximum atomic E-state index is 12.4. The average molecular weight is 284 g/mol. The van der Waals surface area contributed by atoms with Gasteiger partial charge in [-0.3, -0.25) is 19.4 Å². The number of likely N-dealkylation sites (tertiary alicyclic amines) is 2. The fraction of sp³-hybridized carbons (Fsp3) is 0.412. The number of carbonyl (C=O) groups excluding carboxylic acids is 2. The van der Waals surface area contributed by atoms with Crippen molar-refractivity contribution in [1.29, 1.82) is 0 Å². The lowest BCUT2D eigenvalue weighted by molar-refractivity contribution is -0.140. The molecule has 0 saturated carbocycles. The van der Waals surface area contributed by atoms with Crippen molar-refractivity contribution in [1.82, 2.24) is 9.80 Å². The summed E-state index contributed by atoms with van der Waals surface area (Å²) in [5, 5.41) is 0. The summed E-state index contributed by atoms with van der Waals surface area (Å²) in [4.78, 5) is 28.3. The van der Waals surface area contributed by atoms with Crippen LogP contribution in [0.25, 0.3) is 0 Å². The third-order valence-electron chi connectivity index (χ3n) is 4.24. The first-order valence-electron chi connectivity index (χ1n) is 7.32. The summed E-state index contributed by atoms with van der Waals surface area (Å²) >= 11 is 0. The predicted octanol–water partition coefficient (Wildman–Crippen LogP) is 1.68. The summed E-state index contributed by atoms with van der Waals surface area (Å²) in [6.07, 6.45) is 0. The number of hydrogen-bond acceptors (Lipinski definition) is 3. The van der Waals surface area contributed by atoms with Crippen LogP contribution in [0.2, 0.25) is 0 Å². The molecule has 21 heavy (non-hydrogen) atoms. The topological polar surface area (TPSA) is 40.6 Å². The number of rotatable bonds is 4. The van der Waals surface area contributed by atoms with Crippen molar-refractivity contribution in [2.45, 2.75) is 13.5 Å². The molecule has 0 N–H and O–H groups in total. The molecule has 0 unspecified atom stereocenters. The Hall–Kier alpha value is -1.94. The predicted molar refractivity (Wildman–Crippen MR) is 80.2 cm³/mol. The van der Waals surface area contributed by atoms with E-state index in [0.29, 0.717) is 19.6 Å². The van der Waals surface area contributed by atoms with Crippen LogP contribution in [0.5, 0.6) is 0 Å². The Morgan fingerprint density at radius 3 is 2.24 bits per heavy atom. The van der Waals surface area contributed by atoms with Gasteiger partial charge in [-0.2, -0.15) is 0 Å². The van der Waals surface area contributed by atoms with Crippen LogP contribution in [0.4, 0.5) is 0 Å². The van der Waals surface area contributed by atoms with Crippen LogP contribution in [-0.4, -0.2) is 41.2 Å². The van der Waals surface area contributed by atoms with Crippen molar-refractivity contribution in [2.24, 2.45) is 11.8 Å². The molecule has 2 aliphatic heterocycles. The van der Waals surface area contributed by atoms with Gasteiger partial charge in [0.2, 0.25) is 11.8 Å². The molecule has 2 heterocycles. The Labute approximate surface area is 125 Å². The van der Waals surface area contributed by atoms with Crippen molar-refractivity contribution >= 4 is 11.8 Å². The molecule has 0 aromatic heterocycles. The summed E-state index contributed by atoms with van der Waals surface area (Å²) in [6, 6.07) is 10.2. The Morgan fingerprint density at radius 1 is 1.14 bits per heavy atom. The lowest BCUT2D eigenvalue weighted by atomic mass is 10.00. The van der Waals surface area contributed by atoms with E-state index >= 15 is 0 Å². The normalized spacial score (nSPS) is 25.5. The molecule has 0 aliphatic carbocycles. The lowest BCUT2D eigenvalue weighted by Crippen LogP contribution is -2.36. The summed E-state index contributed by atoms with van der Waals surface area (Å²) in [7, 11) is 0. The van der Waals surface area contributed by atoms with Crippen LogP contribution in [-0.2, 0) is 16.1 Å². The van der Waals surface area contributed by atoms with E-state index in [1.807, 2.05) is 25.1 Å². The fourth-order valence-electron chi connectivity index (χ4n) is 3.29. The molecule has 2 saturated heterocycles. The molecule has 1 aromatic carbocycles. The van der Waals surface area contributed by atoms with E-state index in [9.17, 15) is 9.59 Å². The Kier molecular flexibility index (Phi) is 3.64. The van der Waals surface area contributed by atoms with Gasteiger partial charge in [0.1, 0.15) is 0 Å².